The van der Waals surface area contributed by atoms with Crippen LogP contribution in [0, 0.1) is 15.9 Å². The van der Waals surface area contributed by atoms with Crippen LogP contribution in [0.2, 0.25) is 0 Å². The quantitative estimate of drug-likeness (QED) is 0.677. The van der Waals surface area contributed by atoms with Crippen LogP contribution in [0.4, 0.5) is 10.1 Å². The second-order valence-corrected chi connectivity index (χ2v) is 5.85. The summed E-state index contributed by atoms with van der Waals surface area (Å²) in [5, 5.41) is 10.6. The summed E-state index contributed by atoms with van der Waals surface area (Å²) in [6.45, 7) is 0. The van der Waals surface area contributed by atoms with E-state index in [1.807, 2.05) is 0 Å². The fourth-order valence-corrected chi connectivity index (χ4v) is 3.00. The van der Waals surface area contributed by atoms with E-state index in [-0.39, 0.29) is 5.54 Å². The molecule has 1 saturated carbocycles. The predicted octanol–water partition coefficient (Wildman–Crippen LogP) is 3.72. The number of hydrogen-bond acceptors (Lipinski definition) is 3. The van der Waals surface area contributed by atoms with Crippen LogP contribution in [0.5, 0.6) is 0 Å². The minimum Gasteiger partial charge on any atom is -0.325 e. The zero-order valence-corrected chi connectivity index (χ0v) is 11.6. The van der Waals surface area contributed by atoms with Gasteiger partial charge in [0, 0.05) is 11.6 Å². The number of nitrogens with two attached hydrogens (primary N) is 1. The van der Waals surface area contributed by atoms with Gasteiger partial charge in [0.05, 0.1) is 4.92 Å². The summed E-state index contributed by atoms with van der Waals surface area (Å²) in [7, 11) is 0. The molecule has 0 radical (unpaired) electrons. The van der Waals surface area contributed by atoms with Gasteiger partial charge in [-0.25, -0.2) is 0 Å². The Morgan fingerprint density at radius 3 is 2.35 bits per heavy atom. The molecule has 1 aromatic carbocycles. The van der Waals surface area contributed by atoms with Crippen LogP contribution in [-0.4, -0.2) is 10.5 Å². The molecule has 0 heterocycles. The Balaban J connectivity index is 2.11. The van der Waals surface area contributed by atoms with Crippen LogP contribution >= 0.6 is 0 Å². The Labute approximate surface area is 118 Å². The van der Waals surface area contributed by atoms with Gasteiger partial charge in [0.15, 0.2) is 0 Å². The molecule has 5 heteroatoms. The van der Waals surface area contributed by atoms with Gasteiger partial charge in [0.2, 0.25) is 5.82 Å². The van der Waals surface area contributed by atoms with Crippen molar-refractivity contribution in [2.45, 2.75) is 56.9 Å². The number of nitro groups is 1. The average Bonchev–Trinajstić information content (AvgIpc) is 2.34. The molecule has 4 nitrogen and oxygen atoms in total. The third-order valence-corrected chi connectivity index (χ3v) is 4.11. The Hall–Kier alpha value is -1.49. The van der Waals surface area contributed by atoms with Crippen molar-refractivity contribution in [1.29, 1.82) is 0 Å². The van der Waals surface area contributed by atoms with Gasteiger partial charge in [-0.3, -0.25) is 10.1 Å². The fraction of sp³-hybridized carbons (Fsp3) is 0.600. The Morgan fingerprint density at radius 1 is 1.20 bits per heavy atom. The van der Waals surface area contributed by atoms with Crippen LogP contribution < -0.4 is 5.73 Å². The summed E-state index contributed by atoms with van der Waals surface area (Å²) in [5.41, 5.74) is 6.42. The van der Waals surface area contributed by atoms with Gasteiger partial charge >= 0.3 is 5.69 Å². The first-order valence-corrected chi connectivity index (χ1v) is 7.22. The number of halogens is 1. The van der Waals surface area contributed by atoms with Crippen molar-refractivity contribution in [1.82, 2.24) is 0 Å². The van der Waals surface area contributed by atoms with E-state index in [9.17, 15) is 14.5 Å². The zero-order valence-electron chi connectivity index (χ0n) is 11.6. The lowest BCUT2D eigenvalue weighted by molar-refractivity contribution is -0.387. The lowest BCUT2D eigenvalue weighted by Gasteiger charge is -2.31. The maximum Gasteiger partial charge on any atom is 0.304 e. The zero-order chi connectivity index (χ0) is 14.6. The summed E-state index contributed by atoms with van der Waals surface area (Å²) in [6.07, 6.45) is 8.33. The number of nitro benzene ring substituents is 1. The Morgan fingerprint density at radius 2 is 1.80 bits per heavy atom. The standard InChI is InChI=1S/C15H21FN2O2/c16-13-10-12(6-7-14(13)18(19)20)11-15(17)8-4-2-1-3-5-9-15/h6-7,10H,1-5,8-9,11,17H2. The highest BCUT2D eigenvalue weighted by molar-refractivity contribution is 5.35. The maximum absolute atomic E-state index is 13.6. The van der Waals surface area contributed by atoms with Gasteiger partial charge < -0.3 is 5.73 Å². The molecule has 0 unspecified atom stereocenters. The maximum atomic E-state index is 13.6. The van der Waals surface area contributed by atoms with Gasteiger partial charge in [-0.1, -0.05) is 38.2 Å². The van der Waals surface area contributed by atoms with Crippen molar-refractivity contribution < 1.29 is 9.31 Å². The van der Waals surface area contributed by atoms with Crippen LogP contribution in [0.15, 0.2) is 18.2 Å². The fourth-order valence-electron chi connectivity index (χ4n) is 3.00. The molecule has 0 amide bonds. The molecule has 2 rings (SSSR count). The summed E-state index contributed by atoms with van der Waals surface area (Å²) in [6, 6.07) is 4.11. The van der Waals surface area contributed by atoms with Crippen molar-refractivity contribution in [3.8, 4) is 0 Å². The van der Waals surface area contributed by atoms with Gasteiger partial charge in [-0.05, 0) is 30.9 Å². The Kier molecular flexibility index (Phi) is 4.70. The van der Waals surface area contributed by atoms with E-state index in [0.717, 1.165) is 31.2 Å². The average molecular weight is 280 g/mol. The van der Waals surface area contributed by atoms with E-state index in [1.165, 1.54) is 31.4 Å². The Bertz CT molecular complexity index is 483. The van der Waals surface area contributed by atoms with Crippen LogP contribution in [0.1, 0.15) is 50.5 Å². The molecule has 0 aromatic heterocycles. The van der Waals surface area contributed by atoms with E-state index < -0.39 is 16.4 Å². The molecular formula is C15H21FN2O2. The highest BCUT2D eigenvalue weighted by Gasteiger charge is 2.26. The van der Waals surface area contributed by atoms with E-state index in [2.05, 4.69) is 0 Å². The van der Waals surface area contributed by atoms with Crippen LogP contribution in [-0.2, 0) is 6.42 Å². The number of nitrogens with zero attached hydrogens (tertiary/aromatic N) is 1. The molecule has 110 valence electrons. The molecule has 1 aliphatic carbocycles. The third-order valence-electron chi connectivity index (χ3n) is 4.11. The monoisotopic (exact) mass is 280 g/mol. The molecule has 1 aromatic rings. The smallest absolute Gasteiger partial charge is 0.304 e. The first-order valence-electron chi connectivity index (χ1n) is 7.22. The van der Waals surface area contributed by atoms with E-state index >= 15 is 0 Å². The summed E-state index contributed by atoms with van der Waals surface area (Å²) in [5.74, 6) is -0.776. The normalized spacial score (nSPS) is 19.1. The molecule has 0 bridgehead atoms. The van der Waals surface area contributed by atoms with E-state index in [4.69, 9.17) is 5.73 Å². The molecular weight excluding hydrogens is 259 g/mol. The summed E-state index contributed by atoms with van der Waals surface area (Å²) in [4.78, 5) is 9.91. The SMILES string of the molecule is NC1(Cc2ccc([N+](=O)[O-])c(F)c2)CCCCCCC1. The second kappa shape index (κ2) is 6.31. The number of hydrogen-bond donors (Lipinski definition) is 1. The molecule has 0 aliphatic heterocycles. The second-order valence-electron chi connectivity index (χ2n) is 5.85. The highest BCUT2D eigenvalue weighted by atomic mass is 19.1. The minimum atomic E-state index is -0.776. The third kappa shape index (κ3) is 3.76. The summed E-state index contributed by atoms with van der Waals surface area (Å²) >= 11 is 0. The largest absolute Gasteiger partial charge is 0.325 e. The lowest BCUT2D eigenvalue weighted by Crippen LogP contribution is -2.42. The van der Waals surface area contributed by atoms with Crippen LogP contribution in [0.3, 0.4) is 0 Å². The van der Waals surface area contributed by atoms with Gasteiger partial charge in [-0.15, -0.1) is 0 Å². The molecule has 20 heavy (non-hydrogen) atoms. The number of benzene rings is 1. The molecule has 0 saturated heterocycles. The minimum absolute atomic E-state index is 0.303. The molecule has 1 fully saturated rings. The highest BCUT2D eigenvalue weighted by Crippen LogP contribution is 2.28. The van der Waals surface area contributed by atoms with E-state index in [1.54, 1.807) is 6.07 Å². The first kappa shape index (κ1) is 14.9. The number of rotatable bonds is 3. The van der Waals surface area contributed by atoms with Crippen molar-refractivity contribution in [3.63, 3.8) is 0 Å². The summed E-state index contributed by atoms with van der Waals surface area (Å²) < 4.78 is 13.6. The first-order chi connectivity index (χ1) is 9.50. The molecule has 2 N–H and O–H groups in total. The van der Waals surface area contributed by atoms with Crippen molar-refractivity contribution in [2.75, 3.05) is 0 Å². The molecule has 0 spiro atoms. The van der Waals surface area contributed by atoms with Gasteiger partial charge in [0.1, 0.15) is 0 Å². The van der Waals surface area contributed by atoms with Crippen LogP contribution in [0.25, 0.3) is 0 Å². The van der Waals surface area contributed by atoms with Crippen molar-refractivity contribution in [2.24, 2.45) is 5.73 Å². The van der Waals surface area contributed by atoms with Crippen molar-refractivity contribution in [3.05, 3.63) is 39.7 Å². The lowest BCUT2D eigenvalue weighted by atomic mass is 9.80. The van der Waals surface area contributed by atoms with Gasteiger partial charge in [-0.2, -0.15) is 4.39 Å². The van der Waals surface area contributed by atoms with Gasteiger partial charge in [0.25, 0.3) is 0 Å². The molecule has 1 aliphatic rings. The predicted molar refractivity (Wildman–Crippen MR) is 76.0 cm³/mol. The van der Waals surface area contributed by atoms with E-state index in [0.29, 0.717) is 6.42 Å². The molecule has 0 atom stereocenters. The topological polar surface area (TPSA) is 69.2 Å². The van der Waals surface area contributed by atoms with Crippen molar-refractivity contribution >= 4 is 5.69 Å².